The molecule has 108 valence electrons. The van der Waals surface area contributed by atoms with Crippen LogP contribution in [-0.2, 0) is 6.42 Å². The van der Waals surface area contributed by atoms with Crippen molar-refractivity contribution in [3.05, 3.63) is 26.6 Å². The summed E-state index contributed by atoms with van der Waals surface area (Å²) in [5, 5.41) is 0. The van der Waals surface area contributed by atoms with E-state index in [1.54, 1.807) is 0 Å². The van der Waals surface area contributed by atoms with E-state index in [-0.39, 0.29) is 11.5 Å². The molecule has 1 unspecified atom stereocenters. The summed E-state index contributed by atoms with van der Waals surface area (Å²) in [5.41, 5.74) is 7.32. The Morgan fingerprint density at radius 2 is 1.74 bits per heavy atom. The van der Waals surface area contributed by atoms with E-state index in [0.29, 0.717) is 6.61 Å². The number of rotatable bonds is 5. The van der Waals surface area contributed by atoms with Crippen molar-refractivity contribution < 1.29 is 4.74 Å². The SMILES string of the molecule is CC(N)Cc1cc(Br)c(OCCC(C)(C)C)c(Br)c1. The van der Waals surface area contributed by atoms with Crippen LogP contribution in [0.2, 0.25) is 0 Å². The average molecular weight is 393 g/mol. The second-order valence-electron chi connectivity index (χ2n) is 6.23. The monoisotopic (exact) mass is 391 g/mol. The molecule has 2 N–H and O–H groups in total. The molecule has 0 aromatic heterocycles. The molecule has 0 saturated heterocycles. The molecule has 19 heavy (non-hydrogen) atoms. The van der Waals surface area contributed by atoms with E-state index in [4.69, 9.17) is 10.5 Å². The molecule has 4 heteroatoms. The molecule has 0 aliphatic rings. The van der Waals surface area contributed by atoms with Gasteiger partial charge in [-0.05, 0) is 74.7 Å². The minimum Gasteiger partial charge on any atom is -0.491 e. The zero-order valence-electron chi connectivity index (χ0n) is 12.1. The Kier molecular flexibility index (Phi) is 6.34. The van der Waals surface area contributed by atoms with Gasteiger partial charge in [0, 0.05) is 6.04 Å². The molecule has 0 fully saturated rings. The number of benzene rings is 1. The minimum absolute atomic E-state index is 0.159. The van der Waals surface area contributed by atoms with Crippen LogP contribution in [0.1, 0.15) is 39.7 Å². The fourth-order valence-corrected chi connectivity index (χ4v) is 3.21. The van der Waals surface area contributed by atoms with E-state index in [9.17, 15) is 0 Å². The molecule has 1 aromatic rings. The van der Waals surface area contributed by atoms with Crippen LogP contribution >= 0.6 is 31.9 Å². The topological polar surface area (TPSA) is 35.2 Å². The van der Waals surface area contributed by atoms with Crippen LogP contribution in [0, 0.1) is 5.41 Å². The van der Waals surface area contributed by atoms with Gasteiger partial charge in [0.05, 0.1) is 15.6 Å². The van der Waals surface area contributed by atoms with Gasteiger partial charge in [-0.15, -0.1) is 0 Å². The first-order valence-electron chi connectivity index (χ1n) is 6.55. The lowest BCUT2D eigenvalue weighted by molar-refractivity contribution is 0.241. The number of hydrogen-bond donors (Lipinski definition) is 1. The van der Waals surface area contributed by atoms with Crippen molar-refractivity contribution in [3.8, 4) is 5.75 Å². The van der Waals surface area contributed by atoms with Gasteiger partial charge in [-0.2, -0.15) is 0 Å². The van der Waals surface area contributed by atoms with Crippen molar-refractivity contribution in [2.45, 2.75) is 46.6 Å². The molecular weight excluding hydrogens is 370 g/mol. The molecule has 0 aliphatic heterocycles. The maximum Gasteiger partial charge on any atom is 0.147 e. The quantitative estimate of drug-likeness (QED) is 0.771. The van der Waals surface area contributed by atoms with E-state index in [1.807, 2.05) is 6.92 Å². The smallest absolute Gasteiger partial charge is 0.147 e. The van der Waals surface area contributed by atoms with E-state index >= 15 is 0 Å². The van der Waals surface area contributed by atoms with Gasteiger partial charge in [-0.1, -0.05) is 20.8 Å². The Morgan fingerprint density at radius 3 is 2.16 bits per heavy atom. The van der Waals surface area contributed by atoms with Crippen molar-refractivity contribution in [2.24, 2.45) is 11.1 Å². The van der Waals surface area contributed by atoms with Gasteiger partial charge < -0.3 is 10.5 Å². The fourth-order valence-electron chi connectivity index (χ4n) is 1.70. The summed E-state index contributed by atoms with van der Waals surface area (Å²) in [7, 11) is 0. The Balaban J connectivity index is 2.74. The highest BCUT2D eigenvalue weighted by atomic mass is 79.9. The van der Waals surface area contributed by atoms with Gasteiger partial charge in [0.2, 0.25) is 0 Å². The predicted octanol–water partition coefficient (Wildman–Crippen LogP) is 4.92. The van der Waals surface area contributed by atoms with Crippen molar-refractivity contribution in [3.63, 3.8) is 0 Å². The first-order valence-corrected chi connectivity index (χ1v) is 8.14. The Morgan fingerprint density at radius 1 is 1.21 bits per heavy atom. The van der Waals surface area contributed by atoms with Gasteiger partial charge in [0.25, 0.3) is 0 Å². The lowest BCUT2D eigenvalue weighted by Crippen LogP contribution is -2.17. The molecule has 0 bridgehead atoms. The maximum atomic E-state index is 5.88. The van der Waals surface area contributed by atoms with Crippen molar-refractivity contribution in [1.82, 2.24) is 0 Å². The zero-order valence-corrected chi connectivity index (χ0v) is 15.3. The molecule has 1 rings (SSSR count). The number of halogens is 2. The van der Waals surface area contributed by atoms with Crippen LogP contribution < -0.4 is 10.5 Å². The van der Waals surface area contributed by atoms with Gasteiger partial charge in [0.15, 0.2) is 0 Å². The summed E-state index contributed by atoms with van der Waals surface area (Å²) in [4.78, 5) is 0. The van der Waals surface area contributed by atoms with Crippen molar-refractivity contribution in [2.75, 3.05) is 6.61 Å². The van der Waals surface area contributed by atoms with E-state index in [2.05, 4.69) is 64.8 Å². The summed E-state index contributed by atoms with van der Waals surface area (Å²) in [6.45, 7) is 9.37. The van der Waals surface area contributed by atoms with Crippen LogP contribution in [0.5, 0.6) is 5.75 Å². The third-order valence-corrected chi connectivity index (χ3v) is 3.89. The van der Waals surface area contributed by atoms with Crippen LogP contribution in [0.15, 0.2) is 21.1 Å². The van der Waals surface area contributed by atoms with Crippen LogP contribution in [0.4, 0.5) is 0 Å². The highest BCUT2D eigenvalue weighted by molar-refractivity contribution is 9.11. The number of hydrogen-bond acceptors (Lipinski definition) is 2. The first kappa shape index (κ1) is 17.0. The molecule has 1 atom stereocenters. The van der Waals surface area contributed by atoms with E-state index < -0.39 is 0 Å². The second-order valence-corrected chi connectivity index (χ2v) is 7.94. The van der Waals surface area contributed by atoms with Crippen molar-refractivity contribution >= 4 is 31.9 Å². The zero-order chi connectivity index (χ0) is 14.6. The molecular formula is C15H23Br2NO. The minimum atomic E-state index is 0.159. The number of ether oxygens (including phenoxy) is 1. The van der Waals surface area contributed by atoms with Gasteiger partial charge in [-0.3, -0.25) is 0 Å². The molecule has 2 nitrogen and oxygen atoms in total. The highest BCUT2D eigenvalue weighted by Gasteiger charge is 2.13. The highest BCUT2D eigenvalue weighted by Crippen LogP contribution is 2.35. The molecule has 0 aliphatic carbocycles. The second kappa shape index (κ2) is 7.09. The molecule has 0 saturated carbocycles. The lowest BCUT2D eigenvalue weighted by Gasteiger charge is -2.19. The molecule has 0 amide bonds. The van der Waals surface area contributed by atoms with E-state index in [0.717, 1.165) is 27.5 Å². The fraction of sp³-hybridized carbons (Fsp3) is 0.600. The summed E-state index contributed by atoms with van der Waals surface area (Å²) < 4.78 is 7.83. The Bertz CT molecular complexity index is 402. The van der Waals surface area contributed by atoms with Crippen LogP contribution in [0.3, 0.4) is 0 Å². The predicted molar refractivity (Wildman–Crippen MR) is 88.8 cm³/mol. The third-order valence-electron chi connectivity index (χ3n) is 2.71. The Labute approximate surface area is 133 Å². The molecule has 0 heterocycles. The summed E-state index contributed by atoms with van der Waals surface area (Å²) in [6, 6.07) is 4.33. The number of nitrogens with two attached hydrogens (primary N) is 1. The first-order chi connectivity index (χ1) is 8.69. The molecule has 0 spiro atoms. The van der Waals surface area contributed by atoms with E-state index in [1.165, 1.54) is 5.56 Å². The van der Waals surface area contributed by atoms with Crippen LogP contribution in [-0.4, -0.2) is 12.6 Å². The molecule has 0 radical (unpaired) electrons. The van der Waals surface area contributed by atoms with Gasteiger partial charge in [-0.25, -0.2) is 0 Å². The lowest BCUT2D eigenvalue weighted by atomic mass is 9.93. The molecule has 1 aromatic carbocycles. The Hall–Kier alpha value is -0.0600. The summed E-state index contributed by atoms with van der Waals surface area (Å²) in [6.07, 6.45) is 1.88. The van der Waals surface area contributed by atoms with Crippen molar-refractivity contribution in [1.29, 1.82) is 0 Å². The normalized spacial score (nSPS) is 13.4. The maximum absolute atomic E-state index is 5.88. The summed E-state index contributed by atoms with van der Waals surface area (Å²) in [5.74, 6) is 0.873. The standard InChI is InChI=1S/C15H23Br2NO/c1-10(18)7-11-8-12(16)14(13(17)9-11)19-6-5-15(2,3)4/h8-10H,5-7,18H2,1-4H3. The third kappa shape index (κ3) is 6.28. The van der Waals surface area contributed by atoms with Gasteiger partial charge >= 0.3 is 0 Å². The average Bonchev–Trinajstić information content (AvgIpc) is 2.19. The summed E-state index contributed by atoms with van der Waals surface area (Å²) >= 11 is 7.15. The van der Waals surface area contributed by atoms with Gasteiger partial charge in [0.1, 0.15) is 5.75 Å². The van der Waals surface area contributed by atoms with Crippen LogP contribution in [0.25, 0.3) is 0 Å². The largest absolute Gasteiger partial charge is 0.491 e.